The molecule has 2 aromatic rings. The van der Waals surface area contributed by atoms with Crippen LogP contribution in [-0.4, -0.2) is 53.6 Å². The number of allylic oxidation sites excluding steroid dienone is 1. The minimum Gasteiger partial charge on any atom is -0.447 e. The molecule has 1 saturated heterocycles. The zero-order valence-electron chi connectivity index (χ0n) is 19.2. The Kier molecular flexibility index (Phi) is 9.03. The molecule has 3 rings (SSSR count). The van der Waals surface area contributed by atoms with E-state index in [1.807, 2.05) is 60.7 Å². The van der Waals surface area contributed by atoms with Crippen molar-refractivity contribution in [3.05, 3.63) is 97.1 Å². The highest BCUT2D eigenvalue weighted by atomic mass is 16.6. The summed E-state index contributed by atoms with van der Waals surface area (Å²) in [6, 6.07) is 18.6. The zero-order chi connectivity index (χ0) is 24.3. The maximum Gasteiger partial charge on any atom is 0.416 e. The number of benzene rings is 2. The summed E-state index contributed by atoms with van der Waals surface area (Å²) in [4.78, 5) is 41.3. The van der Waals surface area contributed by atoms with Gasteiger partial charge in [0.2, 0.25) is 5.91 Å². The fourth-order valence-electron chi connectivity index (χ4n) is 3.87. The first-order chi connectivity index (χ1) is 16.5. The van der Waals surface area contributed by atoms with Crippen LogP contribution in [0.25, 0.3) is 0 Å². The predicted octanol–water partition coefficient (Wildman–Crippen LogP) is 4.59. The van der Waals surface area contributed by atoms with Crippen LogP contribution in [0.3, 0.4) is 0 Å². The molecular weight excluding hydrogens is 432 g/mol. The molecule has 0 spiro atoms. The van der Waals surface area contributed by atoms with Gasteiger partial charge in [0.25, 0.3) is 0 Å². The first-order valence-electron chi connectivity index (χ1n) is 11.2. The number of hydrogen-bond donors (Lipinski definition) is 0. The van der Waals surface area contributed by atoms with Gasteiger partial charge >= 0.3 is 12.2 Å². The average molecular weight is 463 g/mol. The maximum atomic E-state index is 13.5. The van der Waals surface area contributed by atoms with Crippen LogP contribution in [0.4, 0.5) is 9.59 Å². The fourth-order valence-corrected chi connectivity index (χ4v) is 3.87. The van der Waals surface area contributed by atoms with Crippen LogP contribution in [0.2, 0.25) is 0 Å². The molecule has 0 radical (unpaired) electrons. The Morgan fingerprint density at radius 3 is 2.32 bits per heavy atom. The Hall–Kier alpha value is -3.87. The van der Waals surface area contributed by atoms with Crippen molar-refractivity contribution in [3.8, 4) is 0 Å². The highest BCUT2D eigenvalue weighted by molar-refractivity contribution is 5.95. The van der Waals surface area contributed by atoms with Crippen LogP contribution in [0, 0.1) is 5.92 Å². The largest absolute Gasteiger partial charge is 0.447 e. The molecule has 0 aromatic heterocycles. The van der Waals surface area contributed by atoms with Gasteiger partial charge in [-0.25, -0.2) is 14.5 Å². The highest BCUT2D eigenvalue weighted by Crippen LogP contribution is 2.22. The fraction of sp³-hybridized carbons (Fsp3) is 0.296. The van der Waals surface area contributed by atoms with E-state index in [1.165, 1.54) is 9.80 Å². The Morgan fingerprint density at radius 1 is 1.06 bits per heavy atom. The molecule has 7 heteroatoms. The molecule has 1 aliphatic heterocycles. The second-order valence-electron chi connectivity index (χ2n) is 8.08. The van der Waals surface area contributed by atoms with Gasteiger partial charge in [-0.2, -0.15) is 0 Å². The second-order valence-corrected chi connectivity index (χ2v) is 8.08. The monoisotopic (exact) mass is 462 g/mol. The van der Waals surface area contributed by atoms with Crippen LogP contribution in [0.15, 0.2) is 86.0 Å². The summed E-state index contributed by atoms with van der Waals surface area (Å²) in [7, 11) is 0. The van der Waals surface area contributed by atoms with Crippen LogP contribution >= 0.6 is 0 Å². The Balaban J connectivity index is 1.70. The lowest BCUT2D eigenvalue weighted by molar-refractivity contribution is -0.133. The topological polar surface area (TPSA) is 76.2 Å². The highest BCUT2D eigenvalue weighted by Gasteiger charge is 2.41. The van der Waals surface area contributed by atoms with Gasteiger partial charge in [0.1, 0.15) is 13.2 Å². The first-order valence-corrected chi connectivity index (χ1v) is 11.2. The van der Waals surface area contributed by atoms with Gasteiger partial charge < -0.3 is 14.4 Å². The van der Waals surface area contributed by atoms with Gasteiger partial charge in [-0.3, -0.25) is 4.79 Å². The summed E-state index contributed by atoms with van der Waals surface area (Å²) in [5.74, 6) is -1.07. The van der Waals surface area contributed by atoms with Crippen LogP contribution in [0.1, 0.15) is 17.5 Å². The number of rotatable bonds is 11. The lowest BCUT2D eigenvalue weighted by Gasteiger charge is -2.28. The van der Waals surface area contributed by atoms with Crippen molar-refractivity contribution in [2.45, 2.75) is 25.5 Å². The molecule has 1 aliphatic rings. The third kappa shape index (κ3) is 6.57. The van der Waals surface area contributed by atoms with Crippen molar-refractivity contribution in [2.75, 3.05) is 19.7 Å². The van der Waals surface area contributed by atoms with E-state index in [9.17, 15) is 14.4 Å². The number of amides is 3. The summed E-state index contributed by atoms with van der Waals surface area (Å²) in [6.45, 7) is 7.97. The van der Waals surface area contributed by atoms with Crippen LogP contribution < -0.4 is 0 Å². The summed E-state index contributed by atoms with van der Waals surface area (Å²) in [6.07, 6.45) is 2.74. The minimum absolute atomic E-state index is 0.0618. The van der Waals surface area contributed by atoms with Gasteiger partial charge in [-0.15, -0.1) is 13.2 Å². The van der Waals surface area contributed by atoms with E-state index in [1.54, 1.807) is 12.2 Å². The normalized spacial score (nSPS) is 15.8. The Bertz CT molecular complexity index is 993. The molecule has 3 amide bonds. The lowest BCUT2D eigenvalue weighted by atomic mass is 10.00. The van der Waals surface area contributed by atoms with E-state index >= 15 is 0 Å². The molecule has 2 atom stereocenters. The molecular formula is C27H30N2O5. The van der Waals surface area contributed by atoms with Crippen molar-refractivity contribution in [2.24, 2.45) is 5.92 Å². The predicted molar refractivity (Wildman–Crippen MR) is 129 cm³/mol. The Labute approximate surface area is 200 Å². The van der Waals surface area contributed by atoms with Crippen molar-refractivity contribution in [1.82, 2.24) is 9.80 Å². The second kappa shape index (κ2) is 12.4. The molecule has 34 heavy (non-hydrogen) atoms. The summed E-state index contributed by atoms with van der Waals surface area (Å²) >= 11 is 0. The standard InChI is InChI=1S/C27H30N2O5/c1-3-11-23(18-28(16-4-2)26(31)33-19-22-14-9-6-10-15-22)25(30)29-24(20-34-27(29)32)17-21-12-7-5-8-13-21/h3-10,12-15,23-24H,1-2,11,16-20H2/t23-,24+/m0/s1. The number of imide groups is 1. The molecule has 1 heterocycles. The molecule has 0 N–H and O–H groups in total. The number of cyclic esters (lactones) is 1. The molecule has 0 saturated carbocycles. The van der Waals surface area contributed by atoms with Gasteiger partial charge in [0, 0.05) is 13.1 Å². The first kappa shape index (κ1) is 24.8. The molecule has 178 valence electrons. The van der Waals surface area contributed by atoms with Gasteiger partial charge in [-0.05, 0) is 24.0 Å². The van der Waals surface area contributed by atoms with E-state index in [-0.39, 0.29) is 26.3 Å². The van der Waals surface area contributed by atoms with Crippen molar-refractivity contribution < 1.29 is 23.9 Å². The number of hydrogen-bond acceptors (Lipinski definition) is 5. The van der Waals surface area contributed by atoms with Gasteiger partial charge in [0.05, 0.1) is 12.0 Å². The average Bonchev–Trinajstić information content (AvgIpc) is 3.22. The third-order valence-corrected chi connectivity index (χ3v) is 5.57. The molecule has 0 unspecified atom stereocenters. The van der Waals surface area contributed by atoms with E-state index < -0.39 is 30.1 Å². The molecule has 1 fully saturated rings. The maximum absolute atomic E-state index is 13.5. The summed E-state index contributed by atoms with van der Waals surface area (Å²) in [5.41, 5.74) is 1.86. The van der Waals surface area contributed by atoms with Crippen LogP contribution in [-0.2, 0) is 27.3 Å². The quantitative estimate of drug-likeness (QED) is 0.457. The number of nitrogens with zero attached hydrogens (tertiary/aromatic N) is 2. The van der Waals surface area contributed by atoms with Gasteiger partial charge in [0.15, 0.2) is 0 Å². The van der Waals surface area contributed by atoms with E-state index in [0.29, 0.717) is 12.8 Å². The van der Waals surface area contributed by atoms with Crippen molar-refractivity contribution >= 4 is 18.1 Å². The van der Waals surface area contributed by atoms with E-state index in [4.69, 9.17) is 9.47 Å². The molecule has 0 aliphatic carbocycles. The lowest BCUT2D eigenvalue weighted by Crippen LogP contribution is -2.47. The van der Waals surface area contributed by atoms with Crippen molar-refractivity contribution in [3.63, 3.8) is 0 Å². The minimum atomic E-state index is -0.675. The number of carbonyl (C=O) groups is 3. The van der Waals surface area contributed by atoms with E-state index in [0.717, 1.165) is 11.1 Å². The van der Waals surface area contributed by atoms with E-state index in [2.05, 4.69) is 13.2 Å². The number of carbonyl (C=O) groups excluding carboxylic acids is 3. The van der Waals surface area contributed by atoms with Gasteiger partial charge in [-0.1, -0.05) is 72.8 Å². The number of ether oxygens (including phenoxy) is 2. The molecule has 7 nitrogen and oxygen atoms in total. The Morgan fingerprint density at radius 2 is 1.71 bits per heavy atom. The van der Waals surface area contributed by atoms with Crippen LogP contribution in [0.5, 0.6) is 0 Å². The molecule has 2 aromatic carbocycles. The molecule has 0 bridgehead atoms. The SMILES string of the molecule is C=CC[C@@H](CN(CC=C)C(=O)OCc1ccccc1)C(=O)N1C(=O)OC[C@H]1Cc1ccccc1. The zero-order valence-corrected chi connectivity index (χ0v) is 19.2. The third-order valence-electron chi connectivity index (χ3n) is 5.57. The summed E-state index contributed by atoms with van der Waals surface area (Å²) < 4.78 is 10.7. The smallest absolute Gasteiger partial charge is 0.416 e. The summed E-state index contributed by atoms with van der Waals surface area (Å²) in [5, 5.41) is 0. The van der Waals surface area contributed by atoms with Crippen molar-refractivity contribution in [1.29, 1.82) is 0 Å².